The number of fused-ring (bicyclic) bond motifs is 2. The smallest absolute Gasteiger partial charge is 0.232 e. The molecule has 252 valence electrons. The minimum absolute atomic E-state index is 0.177. The Balaban J connectivity index is 0.000000184. The normalized spacial score (nSPS) is 31.8. The summed E-state index contributed by atoms with van der Waals surface area (Å²) >= 11 is 0. The van der Waals surface area contributed by atoms with E-state index in [1.807, 2.05) is 0 Å². The van der Waals surface area contributed by atoms with Gasteiger partial charge in [0.1, 0.15) is 73.6 Å². The second-order valence-electron chi connectivity index (χ2n) is 10.3. The van der Waals surface area contributed by atoms with Crippen LogP contribution in [-0.4, -0.2) is 127 Å². The van der Waals surface area contributed by atoms with E-state index in [0.29, 0.717) is 16.4 Å². The van der Waals surface area contributed by atoms with Crippen molar-refractivity contribution >= 4 is 42.1 Å². The van der Waals surface area contributed by atoms with Crippen LogP contribution >= 0.6 is 8.38 Å². The molecule has 4 aromatic heterocycles. The maximum Gasteiger partial charge on any atom is 0.232 e. The maximum absolute atomic E-state index is 13.6. The molecular formula is C24H31F2N8O11P. The van der Waals surface area contributed by atoms with Crippen LogP contribution in [-0.2, 0) is 19.0 Å². The largest absolute Gasteiger partial charge is 0.394 e. The van der Waals surface area contributed by atoms with Crippen molar-refractivity contribution in [1.82, 2.24) is 29.1 Å². The third-order valence-electron chi connectivity index (χ3n) is 7.59. The number of anilines is 2. The van der Waals surface area contributed by atoms with Crippen LogP contribution in [0.5, 0.6) is 0 Å². The number of halogens is 2. The van der Waals surface area contributed by atoms with E-state index < -0.39 is 82.9 Å². The number of aromatic nitrogens is 6. The lowest BCUT2D eigenvalue weighted by Gasteiger charge is -2.28. The minimum Gasteiger partial charge on any atom is -0.394 e. The van der Waals surface area contributed by atoms with Crippen LogP contribution in [0.2, 0.25) is 0 Å². The third kappa shape index (κ3) is 5.74. The fraction of sp³-hybridized carbons (Fsp3) is 0.500. The summed E-state index contributed by atoms with van der Waals surface area (Å²) in [7, 11) is -2.32. The van der Waals surface area contributed by atoms with Crippen molar-refractivity contribution in [3.8, 4) is 0 Å². The van der Waals surface area contributed by atoms with Crippen LogP contribution in [0, 0.1) is 0 Å². The summed E-state index contributed by atoms with van der Waals surface area (Å²) in [4.78, 5) is 29.6. The van der Waals surface area contributed by atoms with Gasteiger partial charge in [-0.3, -0.25) is 0 Å². The molecule has 22 heteroatoms. The summed E-state index contributed by atoms with van der Waals surface area (Å²) in [5, 5.41) is 59.9. The van der Waals surface area contributed by atoms with E-state index in [-0.39, 0.29) is 17.3 Å². The number of aliphatic hydroxyl groups is 6. The molecule has 0 bridgehead atoms. The Kier molecular flexibility index (Phi) is 9.94. The van der Waals surface area contributed by atoms with Gasteiger partial charge < -0.3 is 65.6 Å². The zero-order chi connectivity index (χ0) is 33.4. The van der Waals surface area contributed by atoms with E-state index in [4.69, 9.17) is 31.2 Å². The fourth-order valence-electron chi connectivity index (χ4n) is 5.12. The molecule has 2 aliphatic heterocycles. The number of aliphatic hydroxyl groups excluding tert-OH is 4. The number of alkyl halides is 2. The molecule has 0 aromatic carbocycles. The Labute approximate surface area is 258 Å². The van der Waals surface area contributed by atoms with E-state index in [0.717, 1.165) is 0 Å². The van der Waals surface area contributed by atoms with Gasteiger partial charge in [-0.25, -0.2) is 28.7 Å². The quantitative estimate of drug-likeness (QED) is 0.0531. The van der Waals surface area contributed by atoms with Gasteiger partial charge in [0.05, 0.1) is 17.4 Å². The van der Waals surface area contributed by atoms with Crippen molar-refractivity contribution in [3.05, 3.63) is 37.2 Å². The van der Waals surface area contributed by atoms with Crippen LogP contribution in [0.3, 0.4) is 0 Å². The summed E-state index contributed by atoms with van der Waals surface area (Å²) in [5.41, 5.74) is 7.48. The highest BCUT2D eigenvalue weighted by Crippen LogP contribution is 2.43. The van der Waals surface area contributed by atoms with E-state index >= 15 is 0 Å². The standard InChI is InChI=1S/C12H16FN4O7P.C12H15FN4O4/c13-3-12(20)7(19)10(23-24-25(21)5-18)22-11(12)17-2-1-6-8(14)15-4-16-9(6)17;13-4-12(20)8(19)7(3-18)21-11(12)17-2-1-6-9(14)15-5-16-10(6)17/h1-2,4,7,10-11,18-21H,3,5H2,(H2,14,15,16);1-2,5,7-8,11,18-20H,3-4H2,(H2,14,15,16)/t7?,10-,11-,12-,25?;7-,8?,11-,12-/m11/s1. The van der Waals surface area contributed by atoms with E-state index in [2.05, 4.69) is 29.5 Å². The summed E-state index contributed by atoms with van der Waals surface area (Å²) in [6, 6.07) is 3.15. The lowest BCUT2D eigenvalue weighted by molar-refractivity contribution is -0.332. The van der Waals surface area contributed by atoms with Gasteiger partial charge in [-0.15, -0.1) is 0 Å². The topological polar surface area (TPSA) is 292 Å². The molecular weight excluding hydrogens is 645 g/mol. The molecule has 0 aliphatic carbocycles. The van der Waals surface area contributed by atoms with Crippen LogP contribution in [0.15, 0.2) is 37.2 Å². The number of hydrogen-bond acceptors (Lipinski definition) is 17. The van der Waals surface area contributed by atoms with Crippen molar-refractivity contribution in [3.63, 3.8) is 0 Å². The minimum atomic E-state index is -2.38. The average Bonchev–Trinajstić information content (AvgIpc) is 3.81. The van der Waals surface area contributed by atoms with Gasteiger partial charge in [-0.05, 0) is 12.1 Å². The van der Waals surface area contributed by atoms with Gasteiger partial charge in [0.15, 0.2) is 23.7 Å². The van der Waals surface area contributed by atoms with E-state index in [9.17, 15) is 34.1 Å². The summed E-state index contributed by atoms with van der Waals surface area (Å²) in [6.45, 7) is -3.15. The third-order valence-corrected chi connectivity index (χ3v) is 8.09. The Morgan fingerprint density at radius 2 is 1.35 bits per heavy atom. The first-order valence-electron chi connectivity index (χ1n) is 13.3. The summed E-state index contributed by atoms with van der Waals surface area (Å²) in [6.07, 6.45) is -4.13. The molecule has 2 saturated heterocycles. The number of nitrogens with two attached hydrogens (primary N) is 2. The van der Waals surface area contributed by atoms with E-state index in [1.165, 1.54) is 34.2 Å². The molecule has 6 heterocycles. The first-order valence-corrected chi connectivity index (χ1v) is 14.7. The van der Waals surface area contributed by atoms with Gasteiger partial charge >= 0.3 is 0 Å². The molecule has 2 fully saturated rings. The molecule has 0 saturated carbocycles. The molecule has 3 unspecified atom stereocenters. The Hall–Kier alpha value is -3.31. The molecule has 11 N–H and O–H groups in total. The first-order chi connectivity index (χ1) is 21.9. The molecule has 2 aliphatic rings. The first kappa shape index (κ1) is 34.0. The lowest BCUT2D eigenvalue weighted by Crippen LogP contribution is -2.48. The zero-order valence-electron chi connectivity index (χ0n) is 23.6. The van der Waals surface area contributed by atoms with Crippen molar-refractivity contribution in [2.45, 2.75) is 48.3 Å². The average molecular weight is 677 g/mol. The number of rotatable bonds is 9. The van der Waals surface area contributed by atoms with Gasteiger partial charge in [0, 0.05) is 12.4 Å². The highest BCUT2D eigenvalue weighted by Gasteiger charge is 2.59. The van der Waals surface area contributed by atoms with Crippen LogP contribution in [0.25, 0.3) is 22.1 Å². The molecule has 0 spiro atoms. The van der Waals surface area contributed by atoms with Gasteiger partial charge in [0.25, 0.3) is 0 Å². The summed E-state index contributed by atoms with van der Waals surface area (Å²) < 4.78 is 44.7. The highest BCUT2D eigenvalue weighted by atomic mass is 31.2. The molecule has 6 rings (SSSR count). The van der Waals surface area contributed by atoms with Crippen LogP contribution in [0.4, 0.5) is 20.4 Å². The predicted octanol–water partition coefficient (Wildman–Crippen LogP) is -1.90. The number of hydrogen-bond donors (Lipinski definition) is 9. The Bertz CT molecular complexity index is 1660. The van der Waals surface area contributed by atoms with Crippen molar-refractivity contribution < 1.29 is 63.3 Å². The predicted molar refractivity (Wildman–Crippen MR) is 151 cm³/mol. The van der Waals surface area contributed by atoms with Crippen LogP contribution < -0.4 is 11.5 Å². The van der Waals surface area contributed by atoms with Gasteiger partial charge in [0.2, 0.25) is 14.7 Å². The monoisotopic (exact) mass is 676 g/mol. The fourth-order valence-corrected chi connectivity index (χ4v) is 5.35. The van der Waals surface area contributed by atoms with Crippen LogP contribution in [0.1, 0.15) is 12.5 Å². The Morgan fingerprint density at radius 1 is 0.848 bits per heavy atom. The molecule has 0 amide bonds. The molecule has 9 atom stereocenters. The van der Waals surface area contributed by atoms with Gasteiger partial charge in [-0.2, -0.15) is 9.56 Å². The SMILES string of the molecule is Nc1ncnc2c1ccn2[C@@H]1O[C@H](CO)C(O)[C@]1(O)CF.Nc1ncnc2c1ccn2[C@@H]1O[C@H](OOP(O)CO)C(O)[C@]1(O)CF. The molecule has 0 radical (unpaired) electrons. The van der Waals surface area contributed by atoms with Crippen molar-refractivity contribution in [1.29, 1.82) is 0 Å². The summed E-state index contributed by atoms with van der Waals surface area (Å²) in [5.74, 6) is 0.413. The second kappa shape index (κ2) is 13.4. The van der Waals surface area contributed by atoms with Crippen molar-refractivity contribution in [2.75, 3.05) is 37.8 Å². The second-order valence-corrected chi connectivity index (χ2v) is 11.4. The number of nitrogens with zero attached hydrogens (tertiary/aromatic N) is 6. The molecule has 4 aromatic rings. The molecule has 19 nitrogen and oxygen atoms in total. The zero-order valence-corrected chi connectivity index (χ0v) is 24.5. The highest BCUT2D eigenvalue weighted by molar-refractivity contribution is 7.45. The molecule has 46 heavy (non-hydrogen) atoms. The van der Waals surface area contributed by atoms with E-state index in [1.54, 1.807) is 12.1 Å². The number of ether oxygens (including phenoxy) is 2. The number of nitrogen functional groups attached to an aromatic ring is 2. The van der Waals surface area contributed by atoms with Crippen molar-refractivity contribution in [2.24, 2.45) is 0 Å². The lowest BCUT2D eigenvalue weighted by atomic mass is 9.95. The Morgan fingerprint density at radius 3 is 1.83 bits per heavy atom. The van der Waals surface area contributed by atoms with Gasteiger partial charge in [-0.1, -0.05) is 0 Å². The maximum atomic E-state index is 13.6.